The number of carbonyl (C=O) groups excluding carboxylic acids is 1. The second-order valence-corrected chi connectivity index (χ2v) is 4.36. The van der Waals surface area contributed by atoms with Crippen LogP contribution in [-0.2, 0) is 0 Å². The largest absolute Gasteiger partial charge is 0.545 e. The zero-order valence-electron chi connectivity index (χ0n) is 10.4. The highest BCUT2D eigenvalue weighted by Gasteiger charge is 2.02. The van der Waals surface area contributed by atoms with Gasteiger partial charge >= 0.3 is 0 Å². The van der Waals surface area contributed by atoms with Crippen LogP contribution in [0.4, 0.5) is 5.69 Å². The Morgan fingerprint density at radius 3 is 2.72 bits per heavy atom. The quantitative estimate of drug-likeness (QED) is 0.636. The fraction of sp³-hybridized carbons (Fsp3) is 0.385. The normalized spacial score (nSPS) is 11.1. The van der Waals surface area contributed by atoms with E-state index in [1.165, 1.54) is 18.2 Å². The van der Waals surface area contributed by atoms with E-state index in [9.17, 15) is 9.90 Å². The Balaban J connectivity index is 2.78. The molecule has 18 heavy (non-hydrogen) atoms. The molecule has 0 atom stereocenters. The van der Waals surface area contributed by atoms with Gasteiger partial charge in [0.15, 0.2) is 0 Å². The van der Waals surface area contributed by atoms with Crippen LogP contribution in [-0.4, -0.2) is 12.2 Å². The third-order valence-electron chi connectivity index (χ3n) is 2.72. The van der Waals surface area contributed by atoms with E-state index in [4.69, 9.17) is 11.6 Å². The molecule has 0 aliphatic heterocycles. The van der Waals surface area contributed by atoms with Gasteiger partial charge in [0.2, 0.25) is 0 Å². The van der Waals surface area contributed by atoms with Gasteiger partial charge in [-0.05, 0) is 36.5 Å². The van der Waals surface area contributed by atoms with E-state index in [0.717, 1.165) is 12.8 Å². The minimum atomic E-state index is -1.24. The highest BCUT2D eigenvalue weighted by Crippen LogP contribution is 2.22. The minimum Gasteiger partial charge on any atom is -0.545 e. The molecule has 0 heterocycles. The lowest BCUT2D eigenvalue weighted by Crippen LogP contribution is -2.22. The van der Waals surface area contributed by atoms with Crippen molar-refractivity contribution >= 4 is 29.5 Å². The first-order chi connectivity index (χ1) is 8.58. The number of benzene rings is 1. The summed E-state index contributed by atoms with van der Waals surface area (Å²) in [4.78, 5) is 10.7. The van der Waals surface area contributed by atoms with Crippen molar-refractivity contribution in [3.05, 3.63) is 28.8 Å². The number of anilines is 1. The number of hydrazone groups is 1. The first kappa shape index (κ1) is 14.5. The van der Waals surface area contributed by atoms with E-state index >= 15 is 0 Å². The van der Waals surface area contributed by atoms with Crippen LogP contribution in [0, 0.1) is 5.92 Å². The Hall–Kier alpha value is -1.55. The molecule has 0 bridgehead atoms. The standard InChI is InChI=1S/C13H17ClN2O2/c1-3-9(4-2)8-15-16-12-7-10(13(17)18)5-6-11(12)14/h5-9,16H,3-4H2,1-2H3,(H,17,18)/p-1/b15-8-. The van der Waals surface area contributed by atoms with E-state index in [1.54, 1.807) is 0 Å². The number of rotatable bonds is 6. The molecule has 0 aliphatic rings. The first-order valence-electron chi connectivity index (χ1n) is 5.88. The molecule has 0 spiro atoms. The van der Waals surface area contributed by atoms with Crippen LogP contribution in [0.3, 0.4) is 0 Å². The Morgan fingerprint density at radius 2 is 2.17 bits per heavy atom. The number of carboxylic acid groups (broad SMARTS) is 1. The molecule has 0 aliphatic carbocycles. The monoisotopic (exact) mass is 267 g/mol. The van der Waals surface area contributed by atoms with Gasteiger partial charge in [-0.1, -0.05) is 31.5 Å². The van der Waals surface area contributed by atoms with E-state index in [1.807, 2.05) is 6.21 Å². The lowest BCUT2D eigenvalue weighted by molar-refractivity contribution is -0.255. The van der Waals surface area contributed by atoms with Gasteiger partial charge in [0.05, 0.1) is 16.7 Å². The average molecular weight is 268 g/mol. The number of halogens is 1. The Bertz CT molecular complexity index is 443. The van der Waals surface area contributed by atoms with E-state index < -0.39 is 5.97 Å². The van der Waals surface area contributed by atoms with E-state index in [0.29, 0.717) is 16.6 Å². The summed E-state index contributed by atoms with van der Waals surface area (Å²) in [5, 5.41) is 15.2. The summed E-state index contributed by atoms with van der Waals surface area (Å²) in [5.41, 5.74) is 3.28. The van der Waals surface area contributed by atoms with Crippen LogP contribution in [0.15, 0.2) is 23.3 Å². The average Bonchev–Trinajstić information content (AvgIpc) is 2.36. The van der Waals surface area contributed by atoms with Crippen molar-refractivity contribution in [2.75, 3.05) is 5.43 Å². The number of carbonyl (C=O) groups is 1. The summed E-state index contributed by atoms with van der Waals surface area (Å²) >= 11 is 5.93. The number of nitrogens with one attached hydrogen (secondary N) is 1. The van der Waals surface area contributed by atoms with Crippen molar-refractivity contribution in [1.82, 2.24) is 0 Å². The van der Waals surface area contributed by atoms with Gasteiger partial charge in [0.1, 0.15) is 0 Å². The van der Waals surface area contributed by atoms with E-state index in [-0.39, 0.29) is 5.56 Å². The summed E-state index contributed by atoms with van der Waals surface area (Å²) in [6, 6.07) is 4.30. The predicted octanol–water partition coefficient (Wildman–Crippen LogP) is 2.54. The van der Waals surface area contributed by atoms with Gasteiger partial charge in [-0.25, -0.2) is 0 Å². The van der Waals surface area contributed by atoms with Crippen LogP contribution in [0.1, 0.15) is 37.0 Å². The number of aromatic carboxylic acids is 1. The molecular weight excluding hydrogens is 252 g/mol. The van der Waals surface area contributed by atoms with Crippen LogP contribution in [0.5, 0.6) is 0 Å². The molecule has 1 N–H and O–H groups in total. The summed E-state index contributed by atoms with van der Waals surface area (Å²) in [7, 11) is 0. The predicted molar refractivity (Wildman–Crippen MR) is 72.0 cm³/mol. The van der Waals surface area contributed by atoms with Crippen molar-refractivity contribution < 1.29 is 9.90 Å². The topological polar surface area (TPSA) is 64.5 Å². The summed E-state index contributed by atoms with van der Waals surface area (Å²) in [5.74, 6) is -0.834. The third-order valence-corrected chi connectivity index (χ3v) is 3.05. The molecule has 0 aromatic heterocycles. The Morgan fingerprint density at radius 1 is 1.50 bits per heavy atom. The Kier molecular flexibility index (Phi) is 5.65. The van der Waals surface area contributed by atoms with Crippen LogP contribution in [0.25, 0.3) is 0 Å². The van der Waals surface area contributed by atoms with Crippen LogP contribution in [0.2, 0.25) is 5.02 Å². The molecule has 0 saturated heterocycles. The maximum absolute atomic E-state index is 10.7. The van der Waals surface area contributed by atoms with Crippen molar-refractivity contribution in [1.29, 1.82) is 0 Å². The van der Waals surface area contributed by atoms with Crippen LogP contribution >= 0.6 is 11.6 Å². The molecule has 4 nitrogen and oxygen atoms in total. The second kappa shape index (κ2) is 7.01. The van der Waals surface area contributed by atoms with Gasteiger partial charge in [-0.15, -0.1) is 0 Å². The second-order valence-electron chi connectivity index (χ2n) is 3.95. The molecule has 1 aromatic carbocycles. The number of hydrogen-bond donors (Lipinski definition) is 1. The molecule has 5 heteroatoms. The molecule has 1 aromatic rings. The lowest BCUT2D eigenvalue weighted by atomic mass is 10.1. The minimum absolute atomic E-state index is 0.0691. The van der Waals surface area contributed by atoms with Gasteiger partial charge in [-0.2, -0.15) is 5.10 Å². The summed E-state index contributed by atoms with van der Waals surface area (Å²) < 4.78 is 0. The molecular formula is C13H16ClN2O2-. The lowest BCUT2D eigenvalue weighted by Gasteiger charge is -2.09. The van der Waals surface area contributed by atoms with Gasteiger partial charge < -0.3 is 9.90 Å². The highest BCUT2D eigenvalue weighted by molar-refractivity contribution is 6.33. The van der Waals surface area contributed by atoms with Crippen molar-refractivity contribution in [3.8, 4) is 0 Å². The molecule has 0 unspecified atom stereocenters. The van der Waals surface area contributed by atoms with Gasteiger partial charge in [0.25, 0.3) is 0 Å². The summed E-state index contributed by atoms with van der Waals surface area (Å²) in [6.07, 6.45) is 3.82. The molecule has 0 fully saturated rings. The molecule has 0 amide bonds. The fourth-order valence-corrected chi connectivity index (χ4v) is 1.61. The molecule has 98 valence electrons. The van der Waals surface area contributed by atoms with Crippen LogP contribution < -0.4 is 10.5 Å². The smallest absolute Gasteiger partial charge is 0.0754 e. The number of hydrogen-bond acceptors (Lipinski definition) is 4. The first-order valence-corrected chi connectivity index (χ1v) is 6.26. The van der Waals surface area contributed by atoms with Crippen molar-refractivity contribution in [3.63, 3.8) is 0 Å². The summed E-state index contributed by atoms with van der Waals surface area (Å²) in [6.45, 7) is 4.17. The molecule has 0 radical (unpaired) electrons. The van der Waals surface area contributed by atoms with Crippen molar-refractivity contribution in [2.24, 2.45) is 11.0 Å². The molecule has 0 saturated carbocycles. The third kappa shape index (κ3) is 4.04. The van der Waals surface area contributed by atoms with Crippen molar-refractivity contribution in [2.45, 2.75) is 26.7 Å². The zero-order chi connectivity index (χ0) is 13.5. The maximum Gasteiger partial charge on any atom is 0.0754 e. The highest BCUT2D eigenvalue weighted by atomic mass is 35.5. The number of carboxylic acids is 1. The van der Waals surface area contributed by atoms with Gasteiger partial charge in [-0.3, -0.25) is 5.43 Å². The SMILES string of the molecule is CCC(/C=N\Nc1cc(C(=O)[O-])ccc1Cl)CC. The maximum atomic E-state index is 10.7. The zero-order valence-corrected chi connectivity index (χ0v) is 11.2. The molecule has 1 rings (SSSR count). The van der Waals surface area contributed by atoms with E-state index in [2.05, 4.69) is 24.4 Å². The number of nitrogens with zero attached hydrogens (tertiary/aromatic N) is 1. The van der Waals surface area contributed by atoms with Gasteiger partial charge in [0, 0.05) is 6.21 Å². The fourth-order valence-electron chi connectivity index (χ4n) is 1.45. The Labute approximate surface area is 112 Å².